The molecule has 0 saturated carbocycles. The summed E-state index contributed by atoms with van der Waals surface area (Å²) in [6, 6.07) is 9.19. The summed E-state index contributed by atoms with van der Waals surface area (Å²) in [7, 11) is 0. The number of carbonyl (C=O) groups is 1. The quantitative estimate of drug-likeness (QED) is 0.575. The van der Waals surface area contributed by atoms with Crippen molar-refractivity contribution < 1.29 is 14.6 Å². The van der Waals surface area contributed by atoms with E-state index in [1.54, 1.807) is 12.1 Å². The molecule has 1 aliphatic rings. The summed E-state index contributed by atoms with van der Waals surface area (Å²) in [6.07, 6.45) is 5.22. The summed E-state index contributed by atoms with van der Waals surface area (Å²) in [5, 5.41) is 15.5. The van der Waals surface area contributed by atoms with Gasteiger partial charge in [-0.25, -0.2) is 4.98 Å². The molecule has 0 radical (unpaired) electrons. The van der Waals surface area contributed by atoms with Crippen molar-refractivity contribution in [2.24, 2.45) is 0 Å². The standard InChI is InChI=1S/C21H22ClN3O3/c22-18-5-4-15(13-25-18)20(26)23-9-6-14-12-24-17-3-1-2-16(19(14)17)21(27)7-10-28-11-8-21/h1-5,12-13,24,27H,6-11H2,(H,23,26). The maximum absolute atomic E-state index is 12.3. The van der Waals surface area contributed by atoms with Gasteiger partial charge in [0.15, 0.2) is 0 Å². The Morgan fingerprint density at radius 3 is 2.86 bits per heavy atom. The molecule has 1 amide bonds. The number of halogens is 1. The Hall–Kier alpha value is -2.41. The maximum Gasteiger partial charge on any atom is 0.252 e. The molecule has 0 spiro atoms. The topological polar surface area (TPSA) is 87.2 Å². The van der Waals surface area contributed by atoms with Crippen molar-refractivity contribution in [1.29, 1.82) is 0 Å². The summed E-state index contributed by atoms with van der Waals surface area (Å²) in [5.74, 6) is -0.188. The van der Waals surface area contributed by atoms with E-state index < -0.39 is 5.60 Å². The molecule has 28 heavy (non-hydrogen) atoms. The van der Waals surface area contributed by atoms with Crippen LogP contribution in [0.15, 0.2) is 42.7 Å². The third kappa shape index (κ3) is 3.76. The van der Waals surface area contributed by atoms with Crippen LogP contribution in [0.25, 0.3) is 10.9 Å². The first-order valence-corrected chi connectivity index (χ1v) is 9.74. The van der Waals surface area contributed by atoms with Crippen molar-refractivity contribution >= 4 is 28.4 Å². The Morgan fingerprint density at radius 2 is 2.11 bits per heavy atom. The van der Waals surface area contributed by atoms with Gasteiger partial charge in [-0.3, -0.25) is 4.79 Å². The predicted octanol–water partition coefficient (Wildman–Crippen LogP) is 3.19. The van der Waals surface area contributed by atoms with Gasteiger partial charge in [0.05, 0.1) is 11.2 Å². The third-order valence-corrected chi connectivity index (χ3v) is 5.50. The molecule has 1 fully saturated rings. The number of hydrogen-bond donors (Lipinski definition) is 3. The Balaban J connectivity index is 1.51. The normalized spacial score (nSPS) is 16.2. The minimum absolute atomic E-state index is 0.188. The van der Waals surface area contributed by atoms with Crippen LogP contribution in [0.3, 0.4) is 0 Å². The number of hydrogen-bond acceptors (Lipinski definition) is 4. The number of benzene rings is 1. The predicted molar refractivity (Wildman–Crippen MR) is 108 cm³/mol. The number of nitrogens with one attached hydrogen (secondary N) is 2. The minimum Gasteiger partial charge on any atom is -0.385 e. The second-order valence-corrected chi connectivity index (χ2v) is 7.45. The lowest BCUT2D eigenvalue weighted by Gasteiger charge is -2.33. The van der Waals surface area contributed by atoms with Crippen LogP contribution in [0, 0.1) is 0 Å². The SMILES string of the molecule is O=C(NCCc1c[nH]c2cccc(C3(O)CCOCC3)c12)c1ccc(Cl)nc1. The maximum atomic E-state index is 12.3. The van der Waals surface area contributed by atoms with E-state index in [1.807, 2.05) is 24.4 Å². The first-order valence-electron chi connectivity index (χ1n) is 9.36. The molecule has 2 aromatic heterocycles. The lowest BCUT2D eigenvalue weighted by molar-refractivity contribution is -0.0670. The lowest BCUT2D eigenvalue weighted by Crippen LogP contribution is -2.33. The second-order valence-electron chi connectivity index (χ2n) is 7.06. The Kier molecular flexibility index (Phi) is 5.35. The first kappa shape index (κ1) is 18.9. The van der Waals surface area contributed by atoms with Gasteiger partial charge in [-0.15, -0.1) is 0 Å². The number of aliphatic hydroxyl groups is 1. The second kappa shape index (κ2) is 7.91. The van der Waals surface area contributed by atoms with Gasteiger partial charge in [0.1, 0.15) is 5.15 Å². The van der Waals surface area contributed by atoms with E-state index in [0.717, 1.165) is 22.0 Å². The van der Waals surface area contributed by atoms with Crippen molar-refractivity contribution in [3.05, 3.63) is 64.6 Å². The fourth-order valence-corrected chi connectivity index (χ4v) is 3.85. The van der Waals surface area contributed by atoms with Crippen LogP contribution >= 0.6 is 11.6 Å². The van der Waals surface area contributed by atoms with E-state index in [4.69, 9.17) is 16.3 Å². The van der Waals surface area contributed by atoms with Crippen LogP contribution in [0.5, 0.6) is 0 Å². The van der Waals surface area contributed by atoms with E-state index in [-0.39, 0.29) is 5.91 Å². The highest BCUT2D eigenvalue weighted by atomic mass is 35.5. The van der Waals surface area contributed by atoms with Gasteiger partial charge in [0, 0.05) is 55.9 Å². The third-order valence-electron chi connectivity index (χ3n) is 5.28. The molecule has 0 bridgehead atoms. The number of ether oxygens (including phenoxy) is 1. The molecule has 7 heteroatoms. The highest BCUT2D eigenvalue weighted by molar-refractivity contribution is 6.29. The number of rotatable bonds is 5. The number of aromatic amines is 1. The molecule has 1 aliphatic heterocycles. The smallest absolute Gasteiger partial charge is 0.252 e. The van der Waals surface area contributed by atoms with Crippen molar-refractivity contribution in [1.82, 2.24) is 15.3 Å². The van der Waals surface area contributed by atoms with Crippen LogP contribution in [-0.4, -0.2) is 40.7 Å². The summed E-state index contributed by atoms with van der Waals surface area (Å²) in [5.41, 5.74) is 2.58. The van der Waals surface area contributed by atoms with E-state index >= 15 is 0 Å². The fourth-order valence-electron chi connectivity index (χ4n) is 3.74. The molecule has 0 atom stereocenters. The monoisotopic (exact) mass is 399 g/mol. The summed E-state index contributed by atoms with van der Waals surface area (Å²) in [4.78, 5) is 19.5. The van der Waals surface area contributed by atoms with Crippen LogP contribution < -0.4 is 5.32 Å². The molecule has 1 aromatic carbocycles. The van der Waals surface area contributed by atoms with Crippen LogP contribution in [0.4, 0.5) is 0 Å². The first-order chi connectivity index (χ1) is 13.6. The molecular weight excluding hydrogens is 378 g/mol. The number of H-pyrrole nitrogens is 1. The van der Waals surface area contributed by atoms with Gasteiger partial charge in [-0.2, -0.15) is 0 Å². The van der Waals surface area contributed by atoms with Gasteiger partial charge in [-0.1, -0.05) is 23.7 Å². The molecule has 3 N–H and O–H groups in total. The average molecular weight is 400 g/mol. The molecular formula is C21H22ClN3O3. The number of pyridine rings is 1. The summed E-state index contributed by atoms with van der Waals surface area (Å²) >= 11 is 5.76. The molecule has 3 heterocycles. The van der Waals surface area contributed by atoms with Crippen molar-refractivity contribution in [3.8, 4) is 0 Å². The number of carbonyl (C=O) groups excluding carboxylic acids is 1. The Morgan fingerprint density at radius 1 is 1.29 bits per heavy atom. The van der Waals surface area contributed by atoms with Crippen LogP contribution in [0.2, 0.25) is 5.15 Å². The molecule has 0 unspecified atom stereocenters. The highest BCUT2D eigenvalue weighted by Crippen LogP contribution is 2.37. The van der Waals surface area contributed by atoms with Crippen LogP contribution in [-0.2, 0) is 16.8 Å². The molecule has 146 valence electrons. The Bertz CT molecular complexity index is 978. The molecule has 6 nitrogen and oxygen atoms in total. The summed E-state index contributed by atoms with van der Waals surface area (Å²) < 4.78 is 5.42. The van der Waals surface area contributed by atoms with Crippen molar-refractivity contribution in [2.75, 3.05) is 19.8 Å². The fraction of sp³-hybridized carbons (Fsp3) is 0.333. The molecule has 1 saturated heterocycles. The lowest BCUT2D eigenvalue weighted by atomic mass is 9.83. The van der Waals surface area contributed by atoms with E-state index in [1.165, 1.54) is 6.20 Å². The average Bonchev–Trinajstić information content (AvgIpc) is 3.12. The zero-order valence-electron chi connectivity index (χ0n) is 15.4. The zero-order valence-corrected chi connectivity index (χ0v) is 16.1. The number of nitrogens with zero attached hydrogens (tertiary/aromatic N) is 1. The van der Waals surface area contributed by atoms with E-state index in [2.05, 4.69) is 15.3 Å². The Labute approximate surface area is 167 Å². The molecule has 0 aliphatic carbocycles. The molecule has 4 rings (SSSR count). The van der Waals surface area contributed by atoms with Gasteiger partial charge >= 0.3 is 0 Å². The van der Waals surface area contributed by atoms with E-state index in [9.17, 15) is 9.90 Å². The number of amides is 1. The van der Waals surface area contributed by atoms with Gasteiger partial charge in [0.25, 0.3) is 5.91 Å². The molecule has 3 aromatic rings. The van der Waals surface area contributed by atoms with Gasteiger partial charge in [-0.05, 0) is 35.7 Å². The van der Waals surface area contributed by atoms with Gasteiger partial charge in [0.2, 0.25) is 0 Å². The van der Waals surface area contributed by atoms with Gasteiger partial charge < -0.3 is 20.1 Å². The van der Waals surface area contributed by atoms with Crippen LogP contribution in [0.1, 0.15) is 34.3 Å². The largest absolute Gasteiger partial charge is 0.385 e. The minimum atomic E-state index is -0.882. The number of aromatic nitrogens is 2. The summed E-state index contributed by atoms with van der Waals surface area (Å²) in [6.45, 7) is 1.58. The number of fused-ring (bicyclic) bond motifs is 1. The van der Waals surface area contributed by atoms with E-state index in [0.29, 0.717) is 49.7 Å². The van der Waals surface area contributed by atoms with Crippen molar-refractivity contribution in [2.45, 2.75) is 24.9 Å². The highest BCUT2D eigenvalue weighted by Gasteiger charge is 2.33. The zero-order chi connectivity index (χ0) is 19.6. The van der Waals surface area contributed by atoms with Crippen molar-refractivity contribution in [3.63, 3.8) is 0 Å².